The van der Waals surface area contributed by atoms with Crippen LogP contribution in [-0.4, -0.2) is 56.4 Å². The Labute approximate surface area is 192 Å². The van der Waals surface area contributed by atoms with E-state index in [0.717, 1.165) is 6.08 Å². The number of methoxy groups -OCH3 is 2. The van der Waals surface area contributed by atoms with Crippen molar-refractivity contribution in [3.05, 3.63) is 23.8 Å². The molecule has 0 fully saturated rings. The van der Waals surface area contributed by atoms with Crippen molar-refractivity contribution >= 4 is 30.0 Å². The van der Waals surface area contributed by atoms with E-state index in [0.29, 0.717) is 5.56 Å². The molecule has 0 saturated heterocycles. The summed E-state index contributed by atoms with van der Waals surface area (Å²) in [6.07, 6.45) is -0.375. The van der Waals surface area contributed by atoms with Crippen LogP contribution in [0.4, 0.5) is 0 Å². The Morgan fingerprint density at radius 1 is 0.879 bits per heavy atom. The average molecular weight is 466 g/mol. The van der Waals surface area contributed by atoms with E-state index in [4.69, 9.17) is 28.4 Å². The second-order valence-electron chi connectivity index (χ2n) is 7.34. The molecule has 33 heavy (non-hydrogen) atoms. The third-order valence-electron chi connectivity index (χ3n) is 3.73. The van der Waals surface area contributed by atoms with Crippen molar-refractivity contribution in [2.75, 3.05) is 14.2 Å². The quantitative estimate of drug-likeness (QED) is 0.208. The van der Waals surface area contributed by atoms with Gasteiger partial charge in [-0.25, -0.2) is 9.59 Å². The van der Waals surface area contributed by atoms with Gasteiger partial charge in [0.15, 0.2) is 11.5 Å². The molecular formula is C23H30O10. The first-order valence-electron chi connectivity index (χ1n) is 10.2. The molecule has 0 aliphatic heterocycles. The van der Waals surface area contributed by atoms with E-state index in [1.54, 1.807) is 27.7 Å². The molecule has 1 unspecified atom stereocenters. The first kappa shape index (κ1) is 27.5. The minimum Gasteiger partial charge on any atom is -0.493 e. The molecule has 0 heterocycles. The monoisotopic (exact) mass is 466 g/mol. The number of carbonyl (C=O) groups is 4. The highest BCUT2D eigenvalue weighted by Gasteiger charge is 2.29. The predicted octanol–water partition coefficient (Wildman–Crippen LogP) is 2.85. The second kappa shape index (κ2) is 13.1. The highest BCUT2D eigenvalue weighted by atomic mass is 16.6. The lowest BCUT2D eigenvalue weighted by Gasteiger charge is -2.18. The Hall–Kier alpha value is -3.56. The van der Waals surface area contributed by atoms with Crippen LogP contribution in [0.5, 0.6) is 17.2 Å². The lowest BCUT2D eigenvalue weighted by atomic mass is 10.1. The number of carbonyl (C=O) groups excluding carboxylic acids is 4. The van der Waals surface area contributed by atoms with Crippen LogP contribution in [0.15, 0.2) is 18.2 Å². The molecule has 0 spiro atoms. The summed E-state index contributed by atoms with van der Waals surface area (Å²) in [7, 11) is 2.76. The van der Waals surface area contributed by atoms with Gasteiger partial charge in [-0.1, -0.05) is 0 Å². The fourth-order valence-electron chi connectivity index (χ4n) is 2.53. The first-order valence-corrected chi connectivity index (χ1v) is 10.2. The van der Waals surface area contributed by atoms with Crippen LogP contribution in [0.1, 0.15) is 46.6 Å². The van der Waals surface area contributed by atoms with Gasteiger partial charge in [0.1, 0.15) is 0 Å². The van der Waals surface area contributed by atoms with Gasteiger partial charge in [0.25, 0.3) is 0 Å². The van der Waals surface area contributed by atoms with Crippen LogP contribution in [-0.2, 0) is 33.4 Å². The number of hydrogen-bond acceptors (Lipinski definition) is 10. The van der Waals surface area contributed by atoms with E-state index in [-0.39, 0.29) is 17.2 Å². The van der Waals surface area contributed by atoms with E-state index in [1.807, 2.05) is 0 Å². The van der Waals surface area contributed by atoms with Gasteiger partial charge in [-0.3, -0.25) is 9.59 Å². The molecule has 0 radical (unpaired) electrons. The molecule has 182 valence electrons. The minimum atomic E-state index is -1.47. The largest absolute Gasteiger partial charge is 0.493 e. The van der Waals surface area contributed by atoms with Crippen molar-refractivity contribution in [1.82, 2.24) is 0 Å². The molecule has 1 atom stereocenters. The summed E-state index contributed by atoms with van der Waals surface area (Å²) in [5.74, 6) is -2.52. The van der Waals surface area contributed by atoms with Crippen LogP contribution < -0.4 is 14.2 Å². The summed E-state index contributed by atoms with van der Waals surface area (Å²) in [4.78, 5) is 47.9. The molecule has 0 bridgehead atoms. The van der Waals surface area contributed by atoms with E-state index < -0.39 is 48.6 Å². The first-order chi connectivity index (χ1) is 15.5. The summed E-state index contributed by atoms with van der Waals surface area (Å²) in [5.41, 5.74) is 0.456. The van der Waals surface area contributed by atoms with Crippen LogP contribution in [0.25, 0.3) is 6.08 Å². The van der Waals surface area contributed by atoms with Crippen molar-refractivity contribution in [2.45, 2.75) is 59.4 Å². The molecule has 10 nitrogen and oxygen atoms in total. The van der Waals surface area contributed by atoms with Crippen LogP contribution in [0, 0.1) is 0 Å². The highest BCUT2D eigenvalue weighted by Crippen LogP contribution is 2.39. The predicted molar refractivity (Wildman–Crippen MR) is 117 cm³/mol. The molecule has 1 aromatic carbocycles. The van der Waals surface area contributed by atoms with E-state index in [9.17, 15) is 19.2 Å². The van der Waals surface area contributed by atoms with Gasteiger partial charge >= 0.3 is 23.9 Å². The molecule has 0 aliphatic carbocycles. The zero-order chi connectivity index (χ0) is 25.1. The lowest BCUT2D eigenvalue weighted by molar-refractivity contribution is -0.172. The van der Waals surface area contributed by atoms with E-state index in [1.165, 1.54) is 39.4 Å². The van der Waals surface area contributed by atoms with E-state index in [2.05, 4.69) is 0 Å². The van der Waals surface area contributed by atoms with Crippen molar-refractivity contribution < 1.29 is 47.6 Å². The normalized spacial score (nSPS) is 11.8. The topological polar surface area (TPSA) is 124 Å². The number of hydrogen-bond donors (Lipinski definition) is 0. The van der Waals surface area contributed by atoms with Gasteiger partial charge in [0.05, 0.1) is 32.8 Å². The number of benzene rings is 1. The van der Waals surface area contributed by atoms with Gasteiger partial charge in [0, 0.05) is 13.0 Å². The number of rotatable bonds is 11. The van der Waals surface area contributed by atoms with E-state index >= 15 is 0 Å². The fraction of sp³-hybridized carbons (Fsp3) is 0.478. The third-order valence-corrected chi connectivity index (χ3v) is 3.73. The van der Waals surface area contributed by atoms with Gasteiger partial charge in [0.2, 0.25) is 11.9 Å². The van der Waals surface area contributed by atoms with Crippen molar-refractivity contribution in [2.24, 2.45) is 0 Å². The van der Waals surface area contributed by atoms with Crippen LogP contribution in [0.2, 0.25) is 0 Å². The Balaban J connectivity index is 3.05. The maximum Gasteiger partial charge on any atom is 0.348 e. The smallest absolute Gasteiger partial charge is 0.348 e. The fourth-order valence-corrected chi connectivity index (χ4v) is 2.53. The van der Waals surface area contributed by atoms with Crippen molar-refractivity contribution in [3.8, 4) is 17.2 Å². The maximum absolute atomic E-state index is 12.3. The third kappa shape index (κ3) is 9.63. The molecule has 0 N–H and O–H groups in total. The Bertz CT molecular complexity index is 860. The summed E-state index contributed by atoms with van der Waals surface area (Å²) in [6.45, 7) is 7.81. The van der Waals surface area contributed by atoms with Crippen molar-refractivity contribution in [1.29, 1.82) is 0 Å². The molecule has 0 aromatic heterocycles. The SMILES string of the molecule is COc1cc(/C=C/C(=O)OC(CC(=O)OC(C)C)C(=O)OC(C)C)cc(OC)c1OC(C)=O. The molecule has 0 amide bonds. The highest BCUT2D eigenvalue weighted by molar-refractivity contribution is 5.91. The average Bonchev–Trinajstić information content (AvgIpc) is 2.70. The molecule has 0 aliphatic rings. The van der Waals surface area contributed by atoms with Gasteiger partial charge < -0.3 is 28.4 Å². The Morgan fingerprint density at radius 2 is 1.42 bits per heavy atom. The standard InChI is InChI=1S/C23H30O10/c1-13(2)30-21(26)12-19(23(27)31-14(3)4)33-20(25)9-8-16-10-17(28-6)22(32-15(5)24)18(11-16)29-7/h8-11,13-14,19H,12H2,1-7H3/b9-8+. The summed E-state index contributed by atoms with van der Waals surface area (Å²) >= 11 is 0. The number of esters is 4. The molecule has 10 heteroatoms. The molecule has 0 saturated carbocycles. The minimum absolute atomic E-state index is 0.0902. The number of ether oxygens (including phenoxy) is 6. The van der Waals surface area contributed by atoms with Gasteiger partial charge in [-0.15, -0.1) is 0 Å². The molecule has 1 aromatic rings. The lowest BCUT2D eigenvalue weighted by Crippen LogP contribution is -2.33. The van der Waals surface area contributed by atoms with Crippen LogP contribution >= 0.6 is 0 Å². The maximum atomic E-state index is 12.3. The molecular weight excluding hydrogens is 436 g/mol. The molecule has 1 rings (SSSR count). The zero-order valence-corrected chi connectivity index (χ0v) is 19.8. The van der Waals surface area contributed by atoms with Crippen molar-refractivity contribution in [3.63, 3.8) is 0 Å². The van der Waals surface area contributed by atoms with Gasteiger partial charge in [-0.05, 0) is 51.5 Å². The second-order valence-corrected chi connectivity index (χ2v) is 7.34. The Kier molecular flexibility index (Phi) is 10.9. The zero-order valence-electron chi connectivity index (χ0n) is 19.8. The van der Waals surface area contributed by atoms with Gasteiger partial charge in [-0.2, -0.15) is 0 Å². The Morgan fingerprint density at radius 3 is 1.88 bits per heavy atom. The summed E-state index contributed by atoms with van der Waals surface area (Å²) in [5, 5.41) is 0. The van der Waals surface area contributed by atoms with Crippen LogP contribution in [0.3, 0.4) is 0 Å². The summed E-state index contributed by atoms with van der Waals surface area (Å²) in [6, 6.07) is 3.02. The summed E-state index contributed by atoms with van der Waals surface area (Å²) < 4.78 is 30.8.